The minimum Gasteiger partial charge on any atom is -0.493 e. The Labute approximate surface area is 108 Å². The maximum Gasteiger partial charge on any atom is 0.179 e. The van der Waals surface area contributed by atoms with Crippen LogP contribution >= 0.6 is 11.6 Å². The fourth-order valence-corrected chi connectivity index (χ4v) is 1.67. The molecule has 94 valence electrons. The summed E-state index contributed by atoms with van der Waals surface area (Å²) in [5.74, 6) is 1.22. The van der Waals surface area contributed by atoms with E-state index in [4.69, 9.17) is 21.1 Å². The quantitative estimate of drug-likeness (QED) is 0.795. The monoisotopic (exact) mass is 254 g/mol. The standard InChI is InChI=1S/C14H19ClO2/c1-14(2,3)9-8-10-6-7-11(16-4)13(17-5)12(10)15/h6-9H,1-5H3/b9-8+. The summed E-state index contributed by atoms with van der Waals surface area (Å²) in [6, 6.07) is 3.78. The predicted molar refractivity (Wildman–Crippen MR) is 73.0 cm³/mol. The molecule has 0 aliphatic rings. The number of rotatable bonds is 3. The van der Waals surface area contributed by atoms with Gasteiger partial charge in [-0.15, -0.1) is 0 Å². The number of benzene rings is 1. The lowest BCUT2D eigenvalue weighted by atomic mass is 9.95. The minimum absolute atomic E-state index is 0.122. The third kappa shape index (κ3) is 3.67. The Kier molecular flexibility index (Phi) is 4.47. The summed E-state index contributed by atoms with van der Waals surface area (Å²) >= 11 is 6.27. The highest BCUT2D eigenvalue weighted by atomic mass is 35.5. The summed E-state index contributed by atoms with van der Waals surface area (Å²) in [6.07, 6.45) is 4.12. The first kappa shape index (κ1) is 13.9. The molecular formula is C14H19ClO2. The van der Waals surface area contributed by atoms with Crippen molar-refractivity contribution in [2.75, 3.05) is 14.2 Å². The fraction of sp³-hybridized carbons (Fsp3) is 0.429. The van der Waals surface area contributed by atoms with Crippen molar-refractivity contribution in [3.8, 4) is 11.5 Å². The number of ether oxygens (including phenoxy) is 2. The SMILES string of the molecule is COc1ccc(/C=C/C(C)(C)C)c(Cl)c1OC. The Morgan fingerprint density at radius 3 is 2.24 bits per heavy atom. The molecule has 0 heterocycles. The molecule has 0 saturated heterocycles. The average molecular weight is 255 g/mol. The zero-order valence-electron chi connectivity index (χ0n) is 11.0. The van der Waals surface area contributed by atoms with Crippen LogP contribution in [0.1, 0.15) is 26.3 Å². The van der Waals surface area contributed by atoms with E-state index in [2.05, 4.69) is 26.8 Å². The van der Waals surface area contributed by atoms with Gasteiger partial charge in [0.15, 0.2) is 11.5 Å². The zero-order valence-corrected chi connectivity index (χ0v) is 11.8. The Bertz CT molecular complexity index is 417. The van der Waals surface area contributed by atoms with Crippen LogP contribution in [0.5, 0.6) is 11.5 Å². The highest BCUT2D eigenvalue weighted by Crippen LogP contribution is 2.38. The van der Waals surface area contributed by atoms with Crippen LogP contribution in [0.4, 0.5) is 0 Å². The van der Waals surface area contributed by atoms with Gasteiger partial charge in [0.25, 0.3) is 0 Å². The van der Waals surface area contributed by atoms with Crippen molar-refractivity contribution in [2.45, 2.75) is 20.8 Å². The Balaban J connectivity index is 3.16. The number of halogens is 1. The summed E-state index contributed by atoms with van der Waals surface area (Å²) in [7, 11) is 3.18. The van der Waals surface area contributed by atoms with Crippen LogP contribution in [0.3, 0.4) is 0 Å². The Morgan fingerprint density at radius 1 is 1.12 bits per heavy atom. The number of hydrogen-bond acceptors (Lipinski definition) is 2. The van der Waals surface area contributed by atoms with Gasteiger partial charge in [-0.3, -0.25) is 0 Å². The molecule has 0 amide bonds. The normalized spacial score (nSPS) is 11.9. The lowest BCUT2D eigenvalue weighted by Gasteiger charge is -2.13. The van der Waals surface area contributed by atoms with Gasteiger partial charge in [0.1, 0.15) is 0 Å². The predicted octanol–water partition coefficient (Wildman–Crippen LogP) is 4.42. The number of hydrogen-bond donors (Lipinski definition) is 0. The molecule has 2 nitrogen and oxygen atoms in total. The summed E-state index contributed by atoms with van der Waals surface area (Å²) < 4.78 is 10.4. The topological polar surface area (TPSA) is 18.5 Å². The summed E-state index contributed by atoms with van der Waals surface area (Å²) in [4.78, 5) is 0. The van der Waals surface area contributed by atoms with Gasteiger partial charge in [-0.05, 0) is 23.1 Å². The fourth-order valence-electron chi connectivity index (χ4n) is 1.37. The molecule has 1 aromatic carbocycles. The van der Waals surface area contributed by atoms with E-state index in [9.17, 15) is 0 Å². The van der Waals surface area contributed by atoms with Gasteiger partial charge in [-0.2, -0.15) is 0 Å². The molecule has 3 heteroatoms. The lowest BCUT2D eigenvalue weighted by Crippen LogP contribution is -1.98. The molecule has 0 bridgehead atoms. The van der Waals surface area contributed by atoms with Gasteiger partial charge < -0.3 is 9.47 Å². The molecule has 1 rings (SSSR count). The molecule has 0 saturated carbocycles. The van der Waals surface area contributed by atoms with Crippen LogP contribution in [-0.4, -0.2) is 14.2 Å². The molecule has 0 fully saturated rings. The van der Waals surface area contributed by atoms with E-state index in [1.54, 1.807) is 14.2 Å². The molecule has 0 radical (unpaired) electrons. The van der Waals surface area contributed by atoms with Crippen molar-refractivity contribution in [1.29, 1.82) is 0 Å². The highest BCUT2D eigenvalue weighted by Gasteiger charge is 2.12. The van der Waals surface area contributed by atoms with E-state index in [0.29, 0.717) is 16.5 Å². The second-order valence-electron chi connectivity index (χ2n) is 4.90. The van der Waals surface area contributed by atoms with Crippen molar-refractivity contribution >= 4 is 17.7 Å². The molecule has 1 aromatic rings. The molecule has 0 atom stereocenters. The Morgan fingerprint density at radius 2 is 1.76 bits per heavy atom. The van der Waals surface area contributed by atoms with Crippen LogP contribution in [-0.2, 0) is 0 Å². The van der Waals surface area contributed by atoms with E-state index in [-0.39, 0.29) is 5.41 Å². The van der Waals surface area contributed by atoms with E-state index in [1.165, 1.54) is 0 Å². The highest BCUT2D eigenvalue weighted by molar-refractivity contribution is 6.33. The molecule has 17 heavy (non-hydrogen) atoms. The second kappa shape index (κ2) is 5.46. The van der Waals surface area contributed by atoms with E-state index < -0.39 is 0 Å². The van der Waals surface area contributed by atoms with Gasteiger partial charge in [-0.1, -0.05) is 44.5 Å². The Hall–Kier alpha value is -1.15. The molecule has 0 aliphatic carbocycles. The van der Waals surface area contributed by atoms with Gasteiger partial charge in [0.2, 0.25) is 0 Å². The summed E-state index contributed by atoms with van der Waals surface area (Å²) in [6.45, 7) is 6.41. The first-order valence-electron chi connectivity index (χ1n) is 5.49. The average Bonchev–Trinajstić information content (AvgIpc) is 2.25. The van der Waals surface area contributed by atoms with E-state index in [1.807, 2.05) is 18.2 Å². The third-order valence-electron chi connectivity index (χ3n) is 2.28. The third-order valence-corrected chi connectivity index (χ3v) is 2.67. The van der Waals surface area contributed by atoms with E-state index >= 15 is 0 Å². The molecule has 0 aliphatic heterocycles. The lowest BCUT2D eigenvalue weighted by molar-refractivity contribution is 0.355. The zero-order chi connectivity index (χ0) is 13.1. The minimum atomic E-state index is 0.122. The summed E-state index contributed by atoms with van der Waals surface area (Å²) in [5.41, 5.74) is 1.05. The molecule has 0 spiro atoms. The first-order chi connectivity index (χ1) is 7.89. The largest absolute Gasteiger partial charge is 0.493 e. The maximum atomic E-state index is 6.27. The number of methoxy groups -OCH3 is 2. The van der Waals surface area contributed by atoms with Gasteiger partial charge >= 0.3 is 0 Å². The van der Waals surface area contributed by atoms with Gasteiger partial charge in [0.05, 0.1) is 19.2 Å². The number of allylic oxidation sites excluding steroid dienone is 1. The van der Waals surface area contributed by atoms with Crippen LogP contribution in [0.25, 0.3) is 6.08 Å². The maximum absolute atomic E-state index is 6.27. The van der Waals surface area contributed by atoms with Crippen molar-refractivity contribution in [2.24, 2.45) is 5.41 Å². The van der Waals surface area contributed by atoms with Crippen LogP contribution in [0, 0.1) is 5.41 Å². The second-order valence-corrected chi connectivity index (χ2v) is 5.28. The van der Waals surface area contributed by atoms with Crippen molar-refractivity contribution in [3.05, 3.63) is 28.8 Å². The van der Waals surface area contributed by atoms with Crippen molar-refractivity contribution in [1.82, 2.24) is 0 Å². The van der Waals surface area contributed by atoms with Crippen LogP contribution in [0.15, 0.2) is 18.2 Å². The smallest absolute Gasteiger partial charge is 0.179 e. The molecule has 0 aromatic heterocycles. The van der Waals surface area contributed by atoms with Crippen LogP contribution < -0.4 is 9.47 Å². The van der Waals surface area contributed by atoms with Crippen LogP contribution in [0.2, 0.25) is 5.02 Å². The van der Waals surface area contributed by atoms with Crippen molar-refractivity contribution < 1.29 is 9.47 Å². The molecular weight excluding hydrogens is 236 g/mol. The molecule has 0 N–H and O–H groups in total. The van der Waals surface area contributed by atoms with Crippen molar-refractivity contribution in [3.63, 3.8) is 0 Å². The first-order valence-corrected chi connectivity index (χ1v) is 5.86. The van der Waals surface area contributed by atoms with Gasteiger partial charge in [-0.25, -0.2) is 0 Å². The van der Waals surface area contributed by atoms with E-state index in [0.717, 1.165) is 5.56 Å². The van der Waals surface area contributed by atoms with Gasteiger partial charge in [0, 0.05) is 0 Å². The summed E-state index contributed by atoms with van der Waals surface area (Å²) in [5, 5.41) is 0.576. The molecule has 0 unspecified atom stereocenters.